The molecule has 2 aromatic carbocycles. The van der Waals surface area contributed by atoms with E-state index >= 15 is 0 Å². The first-order valence-corrected chi connectivity index (χ1v) is 10.2. The molecule has 0 saturated heterocycles. The number of aromatic amines is 1. The first kappa shape index (κ1) is 21.7. The van der Waals surface area contributed by atoms with Crippen molar-refractivity contribution in [1.82, 2.24) is 9.97 Å². The van der Waals surface area contributed by atoms with Crippen LogP contribution < -0.4 is 26.2 Å². The molecule has 2 heterocycles. The highest BCUT2D eigenvalue weighted by Gasteiger charge is 2.35. The number of aromatic nitrogens is 2. The van der Waals surface area contributed by atoms with Gasteiger partial charge < -0.3 is 20.7 Å². The lowest BCUT2D eigenvalue weighted by Gasteiger charge is -2.24. The van der Waals surface area contributed by atoms with Crippen LogP contribution >= 0.6 is 23.2 Å². The van der Waals surface area contributed by atoms with E-state index in [0.717, 1.165) is 0 Å². The number of rotatable bonds is 5. The van der Waals surface area contributed by atoms with E-state index in [4.69, 9.17) is 27.9 Å². The highest BCUT2D eigenvalue weighted by Crippen LogP contribution is 2.33. The zero-order valence-corrected chi connectivity index (χ0v) is 18.2. The maximum absolute atomic E-state index is 13.0. The fourth-order valence-corrected chi connectivity index (χ4v) is 3.72. The number of methoxy groups -OCH3 is 1. The number of anilines is 4. The zero-order chi connectivity index (χ0) is 22.8. The van der Waals surface area contributed by atoms with Crippen molar-refractivity contribution in [1.29, 1.82) is 0 Å². The van der Waals surface area contributed by atoms with E-state index in [9.17, 15) is 14.4 Å². The van der Waals surface area contributed by atoms with Gasteiger partial charge in [0.1, 0.15) is 11.6 Å². The Morgan fingerprint density at radius 2 is 1.94 bits per heavy atom. The van der Waals surface area contributed by atoms with Gasteiger partial charge in [-0.2, -0.15) is 4.98 Å². The van der Waals surface area contributed by atoms with Crippen LogP contribution in [-0.2, 0) is 9.59 Å². The molecule has 3 aromatic rings. The number of carbonyl (C=O) groups is 2. The summed E-state index contributed by atoms with van der Waals surface area (Å²) in [5.41, 5.74) is 0.406. The molecule has 0 fully saturated rings. The number of H-pyrrole nitrogens is 1. The average molecular weight is 474 g/mol. The fraction of sp³-hybridized carbons (Fsp3) is 0.143. The number of carbonyl (C=O) groups excluding carboxylic acids is 2. The third kappa shape index (κ3) is 4.53. The van der Waals surface area contributed by atoms with Crippen LogP contribution in [0.15, 0.2) is 47.3 Å². The highest BCUT2D eigenvalue weighted by molar-refractivity contribution is 6.31. The lowest BCUT2D eigenvalue weighted by Crippen LogP contribution is -2.36. The van der Waals surface area contributed by atoms with Crippen LogP contribution in [0, 0.1) is 0 Å². The second kappa shape index (κ2) is 8.89. The van der Waals surface area contributed by atoms with Gasteiger partial charge in [-0.05, 0) is 36.4 Å². The maximum atomic E-state index is 13.0. The summed E-state index contributed by atoms with van der Waals surface area (Å²) in [7, 11) is 1.45. The number of hydrogen-bond donors (Lipinski definition) is 4. The standard InChI is InChI=1S/C21H17Cl2N5O4/c1-32-15-6-5-11(23)8-14(15)25-19(30)13-9-16(29)26-18-17(13)20(31)28-21(27-18)24-12-4-2-3-10(22)7-12/h2-8,13H,9H2,1H3,(H,25,30)(H3,24,26,27,28,29,31)/t13-/m0/s1. The number of nitrogens with zero attached hydrogens (tertiary/aromatic N) is 1. The molecule has 0 spiro atoms. The monoisotopic (exact) mass is 473 g/mol. The molecular weight excluding hydrogens is 457 g/mol. The lowest BCUT2D eigenvalue weighted by molar-refractivity contribution is -0.123. The van der Waals surface area contributed by atoms with E-state index < -0.39 is 23.3 Å². The van der Waals surface area contributed by atoms with Crippen LogP contribution in [0.3, 0.4) is 0 Å². The van der Waals surface area contributed by atoms with Crippen molar-refractivity contribution in [2.45, 2.75) is 12.3 Å². The summed E-state index contributed by atoms with van der Waals surface area (Å²) in [4.78, 5) is 45.0. The van der Waals surface area contributed by atoms with E-state index in [0.29, 0.717) is 27.2 Å². The molecule has 4 rings (SSSR count). The molecule has 1 aliphatic rings. The minimum atomic E-state index is -1.06. The van der Waals surface area contributed by atoms with Gasteiger partial charge in [0.25, 0.3) is 5.56 Å². The van der Waals surface area contributed by atoms with Gasteiger partial charge in [-0.25, -0.2) is 0 Å². The minimum Gasteiger partial charge on any atom is -0.495 e. The summed E-state index contributed by atoms with van der Waals surface area (Å²) < 4.78 is 5.23. The first-order valence-electron chi connectivity index (χ1n) is 9.45. The number of amides is 2. The summed E-state index contributed by atoms with van der Waals surface area (Å²) in [5, 5.41) is 9.05. The molecule has 32 heavy (non-hydrogen) atoms. The van der Waals surface area contributed by atoms with Gasteiger partial charge in [0.05, 0.1) is 24.3 Å². The Bertz CT molecular complexity index is 1280. The van der Waals surface area contributed by atoms with Gasteiger partial charge in [-0.15, -0.1) is 0 Å². The Morgan fingerprint density at radius 3 is 2.69 bits per heavy atom. The molecule has 1 atom stereocenters. The summed E-state index contributed by atoms with van der Waals surface area (Å²) in [6.45, 7) is 0. The third-order valence-corrected chi connectivity index (χ3v) is 5.24. The van der Waals surface area contributed by atoms with Gasteiger partial charge >= 0.3 is 0 Å². The predicted octanol–water partition coefficient (Wildman–Crippen LogP) is 3.89. The molecule has 0 unspecified atom stereocenters. The smallest absolute Gasteiger partial charge is 0.258 e. The SMILES string of the molecule is COc1ccc(Cl)cc1NC(=O)[C@H]1CC(=O)Nc2nc(Nc3cccc(Cl)c3)[nH]c(=O)c21. The van der Waals surface area contributed by atoms with Gasteiger partial charge in [0, 0.05) is 22.2 Å². The van der Waals surface area contributed by atoms with E-state index in [1.807, 2.05) is 0 Å². The quantitative estimate of drug-likeness (QED) is 0.445. The van der Waals surface area contributed by atoms with Crippen molar-refractivity contribution in [3.05, 3.63) is 68.4 Å². The van der Waals surface area contributed by atoms with Crippen molar-refractivity contribution in [2.24, 2.45) is 0 Å². The number of fused-ring (bicyclic) bond motifs is 1. The molecule has 0 bridgehead atoms. The van der Waals surface area contributed by atoms with Crippen LogP contribution in [0.25, 0.3) is 0 Å². The first-order chi connectivity index (χ1) is 15.3. The Hall–Kier alpha value is -3.56. The van der Waals surface area contributed by atoms with Crippen molar-refractivity contribution in [3.63, 3.8) is 0 Å². The summed E-state index contributed by atoms with van der Waals surface area (Å²) in [6.07, 6.45) is -0.215. The van der Waals surface area contributed by atoms with E-state index in [1.165, 1.54) is 13.2 Å². The summed E-state index contributed by atoms with van der Waals surface area (Å²) in [6, 6.07) is 11.5. The Kier molecular flexibility index (Phi) is 6.02. The van der Waals surface area contributed by atoms with Gasteiger partial charge in [0.2, 0.25) is 17.8 Å². The minimum absolute atomic E-state index is 0.00716. The van der Waals surface area contributed by atoms with Gasteiger partial charge in [0.15, 0.2) is 0 Å². The van der Waals surface area contributed by atoms with Crippen LogP contribution in [0.4, 0.5) is 23.1 Å². The predicted molar refractivity (Wildman–Crippen MR) is 122 cm³/mol. The zero-order valence-electron chi connectivity index (χ0n) is 16.7. The van der Waals surface area contributed by atoms with E-state index in [-0.39, 0.29) is 23.8 Å². The molecule has 1 aromatic heterocycles. The molecule has 0 aliphatic carbocycles. The van der Waals surface area contributed by atoms with Crippen LogP contribution in [0.2, 0.25) is 10.0 Å². The topological polar surface area (TPSA) is 125 Å². The Labute approximate surface area is 192 Å². The van der Waals surface area contributed by atoms with Crippen LogP contribution in [0.5, 0.6) is 5.75 Å². The molecule has 0 radical (unpaired) electrons. The molecule has 164 valence electrons. The van der Waals surface area contributed by atoms with E-state index in [2.05, 4.69) is 25.9 Å². The number of benzene rings is 2. The van der Waals surface area contributed by atoms with E-state index in [1.54, 1.807) is 36.4 Å². The normalized spacial score (nSPS) is 14.8. The summed E-state index contributed by atoms with van der Waals surface area (Å²) in [5.74, 6) is -1.58. The molecule has 11 heteroatoms. The van der Waals surface area contributed by atoms with Crippen molar-refractivity contribution >= 4 is 58.2 Å². The van der Waals surface area contributed by atoms with Gasteiger partial charge in [-0.1, -0.05) is 29.3 Å². The maximum Gasteiger partial charge on any atom is 0.258 e. The lowest BCUT2D eigenvalue weighted by atomic mass is 9.92. The number of ether oxygens (including phenoxy) is 1. The highest BCUT2D eigenvalue weighted by atomic mass is 35.5. The Morgan fingerprint density at radius 1 is 1.16 bits per heavy atom. The molecule has 4 N–H and O–H groups in total. The van der Waals surface area contributed by atoms with Crippen LogP contribution in [0.1, 0.15) is 17.9 Å². The molecule has 0 saturated carbocycles. The van der Waals surface area contributed by atoms with Crippen molar-refractivity contribution in [2.75, 3.05) is 23.1 Å². The summed E-state index contributed by atoms with van der Waals surface area (Å²) >= 11 is 12.0. The second-order valence-electron chi connectivity index (χ2n) is 6.95. The Balaban J connectivity index is 1.65. The molecule has 9 nitrogen and oxygen atoms in total. The van der Waals surface area contributed by atoms with Gasteiger partial charge in [-0.3, -0.25) is 19.4 Å². The molecular formula is C21H17Cl2N5O4. The second-order valence-corrected chi connectivity index (χ2v) is 7.82. The van der Waals surface area contributed by atoms with Crippen molar-refractivity contribution < 1.29 is 14.3 Å². The fourth-order valence-electron chi connectivity index (χ4n) is 3.36. The number of nitrogens with one attached hydrogen (secondary N) is 4. The van der Waals surface area contributed by atoms with Crippen LogP contribution in [-0.4, -0.2) is 28.9 Å². The third-order valence-electron chi connectivity index (χ3n) is 4.77. The average Bonchev–Trinajstić information content (AvgIpc) is 2.73. The number of hydrogen-bond acceptors (Lipinski definition) is 6. The van der Waals surface area contributed by atoms with Crippen molar-refractivity contribution in [3.8, 4) is 5.75 Å². The molecule has 2 amide bonds. The molecule has 1 aliphatic heterocycles. The number of halogens is 2. The largest absolute Gasteiger partial charge is 0.495 e.